The molecule has 1 amide bonds. The lowest BCUT2D eigenvalue weighted by Gasteiger charge is -2.34. The molecule has 0 spiro atoms. The van der Waals surface area contributed by atoms with Crippen LogP contribution in [0.1, 0.15) is 17.5 Å². The monoisotopic (exact) mass is 466 g/mol. The molecular formula is C22H25F3N4O4. The van der Waals surface area contributed by atoms with Gasteiger partial charge >= 0.3 is 6.36 Å². The number of nitro groups is 1. The van der Waals surface area contributed by atoms with E-state index in [4.69, 9.17) is 0 Å². The van der Waals surface area contributed by atoms with Gasteiger partial charge in [0.1, 0.15) is 5.75 Å². The van der Waals surface area contributed by atoms with Crippen molar-refractivity contribution < 1.29 is 27.6 Å². The number of carbonyl (C=O) groups is 1. The van der Waals surface area contributed by atoms with Crippen molar-refractivity contribution in [1.29, 1.82) is 0 Å². The molecule has 8 nitrogen and oxygen atoms in total. The molecule has 1 N–H and O–H groups in total. The third-order valence-electron chi connectivity index (χ3n) is 5.38. The first-order chi connectivity index (χ1) is 15.6. The van der Waals surface area contributed by atoms with Gasteiger partial charge < -0.3 is 15.0 Å². The lowest BCUT2D eigenvalue weighted by atomic mass is 10.1. The molecule has 0 bridgehead atoms. The molecule has 1 saturated heterocycles. The Hall–Kier alpha value is -3.18. The second-order valence-corrected chi connectivity index (χ2v) is 7.86. The highest BCUT2D eigenvalue weighted by atomic mass is 19.4. The maximum absolute atomic E-state index is 12.3. The molecule has 33 heavy (non-hydrogen) atoms. The van der Waals surface area contributed by atoms with Crippen LogP contribution in [0.4, 0.5) is 24.5 Å². The zero-order valence-electron chi connectivity index (χ0n) is 18.1. The van der Waals surface area contributed by atoms with Crippen LogP contribution in [0.3, 0.4) is 0 Å². The van der Waals surface area contributed by atoms with E-state index in [-0.39, 0.29) is 17.3 Å². The summed E-state index contributed by atoms with van der Waals surface area (Å²) in [5.74, 6) is -0.395. The number of non-ortho nitro benzene ring substituents is 1. The van der Waals surface area contributed by atoms with E-state index in [2.05, 4.69) is 19.9 Å². The van der Waals surface area contributed by atoms with Crippen LogP contribution >= 0.6 is 0 Å². The summed E-state index contributed by atoms with van der Waals surface area (Å²) < 4.78 is 40.6. The molecule has 0 saturated carbocycles. The van der Waals surface area contributed by atoms with E-state index in [1.54, 1.807) is 19.1 Å². The third kappa shape index (κ3) is 7.72. The SMILES string of the molecule is Cc1cc([N+](=O)[O-])ccc1NC(=O)CCN1CCN(Cc2ccc(OC(F)(F)F)cc2)CC1. The van der Waals surface area contributed by atoms with Crippen molar-refractivity contribution in [2.75, 3.05) is 38.0 Å². The van der Waals surface area contributed by atoms with Gasteiger partial charge in [-0.25, -0.2) is 0 Å². The number of carbonyl (C=O) groups excluding carboxylic acids is 1. The number of anilines is 1. The van der Waals surface area contributed by atoms with Crippen LogP contribution in [0.5, 0.6) is 5.75 Å². The Morgan fingerprint density at radius 2 is 1.73 bits per heavy atom. The molecule has 1 fully saturated rings. The molecule has 0 aromatic heterocycles. The Morgan fingerprint density at radius 3 is 2.30 bits per heavy atom. The van der Waals surface area contributed by atoms with Gasteiger partial charge in [0.05, 0.1) is 4.92 Å². The van der Waals surface area contributed by atoms with E-state index in [9.17, 15) is 28.1 Å². The number of piperazine rings is 1. The molecule has 1 heterocycles. The highest BCUT2D eigenvalue weighted by molar-refractivity contribution is 5.91. The number of hydrogen-bond donors (Lipinski definition) is 1. The number of benzene rings is 2. The summed E-state index contributed by atoms with van der Waals surface area (Å²) >= 11 is 0. The van der Waals surface area contributed by atoms with Crippen LogP contribution in [0.2, 0.25) is 0 Å². The van der Waals surface area contributed by atoms with Crippen molar-refractivity contribution in [1.82, 2.24) is 9.80 Å². The molecule has 178 valence electrons. The van der Waals surface area contributed by atoms with Crippen LogP contribution in [0.25, 0.3) is 0 Å². The first kappa shape index (κ1) is 24.5. The number of aryl methyl sites for hydroxylation is 1. The maximum Gasteiger partial charge on any atom is 0.573 e. The van der Waals surface area contributed by atoms with Crippen LogP contribution < -0.4 is 10.1 Å². The first-order valence-corrected chi connectivity index (χ1v) is 10.4. The standard InChI is InChI=1S/C22H25F3N4O4/c1-16-14-18(29(31)32)4-7-20(16)26-21(30)8-9-27-10-12-28(13-11-27)15-17-2-5-19(6-3-17)33-22(23,24)25/h2-7,14H,8-13,15H2,1H3,(H,26,30). The fourth-order valence-corrected chi connectivity index (χ4v) is 3.60. The summed E-state index contributed by atoms with van der Waals surface area (Å²) in [6.45, 7) is 6.04. The molecule has 2 aromatic rings. The number of halogens is 3. The second-order valence-electron chi connectivity index (χ2n) is 7.86. The second kappa shape index (κ2) is 10.6. The average Bonchev–Trinajstić information content (AvgIpc) is 2.75. The number of nitro benzene ring substituents is 1. The minimum atomic E-state index is -4.70. The molecule has 0 atom stereocenters. The molecule has 0 aliphatic carbocycles. The van der Waals surface area contributed by atoms with Gasteiger partial charge in [0, 0.05) is 63.5 Å². The summed E-state index contributed by atoms with van der Waals surface area (Å²) in [6.07, 6.45) is -4.40. The number of rotatable bonds is 8. The molecule has 1 aliphatic rings. The number of ether oxygens (including phenoxy) is 1. The summed E-state index contributed by atoms with van der Waals surface area (Å²) in [4.78, 5) is 27.0. The van der Waals surface area contributed by atoms with Crippen molar-refractivity contribution in [3.8, 4) is 5.75 Å². The van der Waals surface area contributed by atoms with E-state index in [0.29, 0.717) is 30.8 Å². The fraction of sp³-hybridized carbons (Fsp3) is 0.409. The summed E-state index contributed by atoms with van der Waals surface area (Å²) in [6, 6.07) is 10.2. The summed E-state index contributed by atoms with van der Waals surface area (Å²) in [7, 11) is 0. The molecule has 11 heteroatoms. The van der Waals surface area contributed by atoms with Crippen molar-refractivity contribution >= 4 is 17.3 Å². The van der Waals surface area contributed by atoms with E-state index in [1.807, 2.05) is 0 Å². The Morgan fingerprint density at radius 1 is 1.09 bits per heavy atom. The van der Waals surface area contributed by atoms with Gasteiger partial charge in [-0.15, -0.1) is 13.2 Å². The van der Waals surface area contributed by atoms with Gasteiger partial charge in [-0.2, -0.15) is 0 Å². The van der Waals surface area contributed by atoms with Gasteiger partial charge in [-0.3, -0.25) is 19.8 Å². The Balaban J connectivity index is 1.39. The average molecular weight is 466 g/mol. The topological polar surface area (TPSA) is 88.0 Å². The number of hydrogen-bond acceptors (Lipinski definition) is 6. The van der Waals surface area contributed by atoms with Gasteiger partial charge in [0.25, 0.3) is 5.69 Å². The van der Waals surface area contributed by atoms with Crippen LogP contribution in [0.15, 0.2) is 42.5 Å². The minimum absolute atomic E-state index is 0.0195. The van der Waals surface area contributed by atoms with E-state index in [1.165, 1.54) is 30.3 Å². The molecular weight excluding hydrogens is 441 g/mol. The summed E-state index contributed by atoms with van der Waals surface area (Å²) in [5, 5.41) is 13.6. The molecule has 0 unspecified atom stereocenters. The minimum Gasteiger partial charge on any atom is -0.406 e. The van der Waals surface area contributed by atoms with Crippen molar-refractivity contribution in [3.05, 3.63) is 63.7 Å². The van der Waals surface area contributed by atoms with Gasteiger partial charge in [-0.1, -0.05) is 12.1 Å². The molecule has 3 rings (SSSR count). The van der Waals surface area contributed by atoms with Gasteiger partial charge in [0.2, 0.25) is 5.91 Å². The number of nitrogens with zero attached hydrogens (tertiary/aromatic N) is 3. The van der Waals surface area contributed by atoms with Crippen molar-refractivity contribution in [2.24, 2.45) is 0 Å². The largest absolute Gasteiger partial charge is 0.573 e. The van der Waals surface area contributed by atoms with Crippen LogP contribution in [0, 0.1) is 17.0 Å². The maximum atomic E-state index is 12.3. The predicted octanol–water partition coefficient (Wildman–Crippen LogP) is 3.95. The number of amides is 1. The van der Waals surface area contributed by atoms with Gasteiger partial charge in [0.15, 0.2) is 0 Å². The fourth-order valence-electron chi connectivity index (χ4n) is 3.60. The molecule has 1 aliphatic heterocycles. The molecule has 2 aromatic carbocycles. The van der Waals surface area contributed by atoms with Gasteiger partial charge in [-0.05, 0) is 36.2 Å². The summed E-state index contributed by atoms with van der Waals surface area (Å²) in [5.41, 5.74) is 2.07. The van der Waals surface area contributed by atoms with Crippen LogP contribution in [-0.2, 0) is 11.3 Å². The highest BCUT2D eigenvalue weighted by Crippen LogP contribution is 2.23. The number of nitrogens with one attached hydrogen (secondary N) is 1. The normalized spacial score (nSPS) is 15.3. The molecule has 0 radical (unpaired) electrons. The zero-order chi connectivity index (χ0) is 24.0. The smallest absolute Gasteiger partial charge is 0.406 e. The highest BCUT2D eigenvalue weighted by Gasteiger charge is 2.31. The van der Waals surface area contributed by atoms with E-state index < -0.39 is 11.3 Å². The predicted molar refractivity (Wildman–Crippen MR) is 116 cm³/mol. The first-order valence-electron chi connectivity index (χ1n) is 10.4. The Kier molecular flexibility index (Phi) is 7.88. The van der Waals surface area contributed by atoms with E-state index >= 15 is 0 Å². The quantitative estimate of drug-likeness (QED) is 0.468. The lowest BCUT2D eigenvalue weighted by Crippen LogP contribution is -2.46. The van der Waals surface area contributed by atoms with Crippen molar-refractivity contribution in [3.63, 3.8) is 0 Å². The van der Waals surface area contributed by atoms with Crippen molar-refractivity contribution in [2.45, 2.75) is 26.3 Å². The number of alkyl halides is 3. The third-order valence-corrected chi connectivity index (χ3v) is 5.38. The lowest BCUT2D eigenvalue weighted by molar-refractivity contribution is -0.384. The Bertz CT molecular complexity index is 975. The van der Waals surface area contributed by atoms with E-state index in [0.717, 1.165) is 31.7 Å². The zero-order valence-corrected chi connectivity index (χ0v) is 18.1. The van der Waals surface area contributed by atoms with Crippen LogP contribution in [-0.4, -0.2) is 59.7 Å². The Labute approximate surface area is 189 Å².